The van der Waals surface area contributed by atoms with Gasteiger partial charge >= 0.3 is 0 Å². The summed E-state index contributed by atoms with van der Waals surface area (Å²) in [5, 5.41) is 12.2. The molecule has 2 aliphatic carbocycles. The zero-order valence-electron chi connectivity index (χ0n) is 9.32. The number of benzene rings is 1. The first-order chi connectivity index (χ1) is 8.38. The third-order valence-electron chi connectivity index (χ3n) is 3.52. The lowest BCUT2D eigenvalue weighted by molar-refractivity contribution is 0.696. The molecule has 2 aliphatic rings. The number of nitriles is 1. The molecular formula is C14H13NS2. The molecule has 1 fully saturated rings. The van der Waals surface area contributed by atoms with E-state index in [2.05, 4.69) is 41.8 Å². The summed E-state index contributed by atoms with van der Waals surface area (Å²) >= 11 is 3.40. The highest BCUT2D eigenvalue weighted by molar-refractivity contribution is 8.06. The minimum atomic E-state index is 0.472. The molecule has 1 aromatic carbocycles. The van der Waals surface area contributed by atoms with E-state index >= 15 is 0 Å². The van der Waals surface area contributed by atoms with Gasteiger partial charge in [-0.1, -0.05) is 30.4 Å². The van der Waals surface area contributed by atoms with Crippen LogP contribution in [0.5, 0.6) is 0 Å². The van der Waals surface area contributed by atoms with E-state index in [1.54, 1.807) is 0 Å². The summed E-state index contributed by atoms with van der Waals surface area (Å²) in [5.41, 5.74) is 0. The fraction of sp³-hybridized carbons (Fsp3) is 0.357. The molecule has 0 aromatic heterocycles. The van der Waals surface area contributed by atoms with E-state index in [9.17, 15) is 0 Å². The lowest BCUT2D eigenvalue weighted by Gasteiger charge is -2.24. The van der Waals surface area contributed by atoms with Crippen LogP contribution in [0.1, 0.15) is 6.42 Å². The second kappa shape index (κ2) is 4.80. The van der Waals surface area contributed by atoms with Crippen LogP contribution in [0.25, 0.3) is 0 Å². The highest BCUT2D eigenvalue weighted by atomic mass is 32.2. The second-order valence-corrected chi connectivity index (χ2v) is 6.73. The van der Waals surface area contributed by atoms with Gasteiger partial charge in [0.25, 0.3) is 0 Å². The summed E-state index contributed by atoms with van der Waals surface area (Å²) in [6, 6.07) is 10.5. The average molecular weight is 259 g/mol. The third kappa shape index (κ3) is 2.12. The van der Waals surface area contributed by atoms with Gasteiger partial charge in [-0.05, 0) is 42.2 Å². The van der Waals surface area contributed by atoms with E-state index < -0.39 is 0 Å². The van der Waals surface area contributed by atoms with Gasteiger partial charge in [0, 0.05) is 15.4 Å². The molecule has 0 saturated heterocycles. The molecule has 1 nitrogen and oxygen atoms in total. The molecule has 1 saturated carbocycles. The van der Waals surface area contributed by atoms with Crippen molar-refractivity contribution in [3.05, 3.63) is 42.5 Å². The molecule has 4 unspecified atom stereocenters. The Kier molecular flexibility index (Phi) is 3.17. The summed E-state index contributed by atoms with van der Waals surface area (Å²) < 4.78 is 0. The number of hydrogen-bond acceptors (Lipinski definition) is 3. The predicted molar refractivity (Wildman–Crippen MR) is 73.8 cm³/mol. The molecule has 0 N–H and O–H groups in total. The highest BCUT2D eigenvalue weighted by Gasteiger charge is 2.45. The van der Waals surface area contributed by atoms with Crippen LogP contribution >= 0.6 is 23.5 Å². The van der Waals surface area contributed by atoms with Crippen LogP contribution in [-0.2, 0) is 0 Å². The van der Waals surface area contributed by atoms with E-state index in [1.807, 2.05) is 17.8 Å². The fourth-order valence-electron chi connectivity index (χ4n) is 2.76. The highest BCUT2D eigenvalue weighted by Crippen LogP contribution is 2.51. The van der Waals surface area contributed by atoms with E-state index in [1.165, 1.54) is 23.1 Å². The van der Waals surface area contributed by atoms with Crippen LogP contribution in [0.4, 0.5) is 0 Å². The zero-order chi connectivity index (χ0) is 11.7. The first kappa shape index (κ1) is 11.3. The Morgan fingerprint density at radius 3 is 2.47 bits per heavy atom. The molecule has 1 aromatic rings. The molecule has 0 aliphatic heterocycles. The van der Waals surface area contributed by atoms with Gasteiger partial charge in [-0.3, -0.25) is 0 Å². The van der Waals surface area contributed by atoms with E-state index in [0.717, 1.165) is 0 Å². The molecule has 17 heavy (non-hydrogen) atoms. The number of thioether (sulfide) groups is 2. The van der Waals surface area contributed by atoms with Gasteiger partial charge < -0.3 is 0 Å². The van der Waals surface area contributed by atoms with Crippen molar-refractivity contribution in [3.63, 3.8) is 0 Å². The molecular weight excluding hydrogens is 246 g/mol. The van der Waals surface area contributed by atoms with Gasteiger partial charge in [0.2, 0.25) is 0 Å². The van der Waals surface area contributed by atoms with Crippen LogP contribution in [0.15, 0.2) is 47.4 Å². The van der Waals surface area contributed by atoms with E-state index in [-0.39, 0.29) is 0 Å². The average Bonchev–Trinajstić information content (AvgIpc) is 2.94. The fourth-order valence-corrected chi connectivity index (χ4v) is 5.27. The van der Waals surface area contributed by atoms with Crippen LogP contribution in [0, 0.1) is 22.5 Å². The first-order valence-corrected chi connectivity index (χ1v) is 7.59. The number of hydrogen-bond donors (Lipinski definition) is 0. The van der Waals surface area contributed by atoms with Gasteiger partial charge in [-0.25, -0.2) is 0 Å². The molecule has 3 rings (SSSR count). The topological polar surface area (TPSA) is 23.8 Å². The van der Waals surface area contributed by atoms with Gasteiger partial charge in [0.05, 0.1) is 0 Å². The molecule has 86 valence electrons. The molecule has 3 heteroatoms. The summed E-state index contributed by atoms with van der Waals surface area (Å²) in [6.45, 7) is 0. The number of fused-ring (bicyclic) bond motifs is 2. The SMILES string of the molecule is N#CSC1C2C=CC(C2)C1Sc1ccccc1. The van der Waals surface area contributed by atoms with Crippen molar-refractivity contribution in [3.8, 4) is 5.40 Å². The maximum absolute atomic E-state index is 8.92. The monoisotopic (exact) mass is 259 g/mol. The van der Waals surface area contributed by atoms with Gasteiger partial charge in [-0.2, -0.15) is 5.26 Å². The molecule has 4 atom stereocenters. The normalized spacial score (nSPS) is 33.8. The molecule has 0 spiro atoms. The third-order valence-corrected chi connectivity index (χ3v) is 6.17. The van der Waals surface area contributed by atoms with Crippen molar-refractivity contribution in [1.29, 1.82) is 5.26 Å². The van der Waals surface area contributed by atoms with Gasteiger partial charge in [0.1, 0.15) is 5.40 Å². The minimum absolute atomic E-state index is 0.472. The Balaban J connectivity index is 1.78. The Morgan fingerprint density at radius 2 is 1.76 bits per heavy atom. The van der Waals surface area contributed by atoms with Crippen molar-refractivity contribution < 1.29 is 0 Å². The van der Waals surface area contributed by atoms with Gasteiger partial charge in [-0.15, -0.1) is 11.8 Å². The van der Waals surface area contributed by atoms with E-state index in [4.69, 9.17) is 5.26 Å². The Morgan fingerprint density at radius 1 is 1.06 bits per heavy atom. The summed E-state index contributed by atoms with van der Waals surface area (Å²) in [5.74, 6) is 1.28. The van der Waals surface area contributed by atoms with Crippen molar-refractivity contribution in [2.45, 2.75) is 21.8 Å². The molecule has 0 radical (unpaired) electrons. The van der Waals surface area contributed by atoms with Crippen LogP contribution in [0.2, 0.25) is 0 Å². The van der Waals surface area contributed by atoms with Crippen molar-refractivity contribution in [2.75, 3.05) is 0 Å². The van der Waals surface area contributed by atoms with Crippen molar-refractivity contribution in [1.82, 2.24) is 0 Å². The largest absolute Gasteiger partial charge is 0.185 e. The van der Waals surface area contributed by atoms with E-state index in [0.29, 0.717) is 22.3 Å². The summed E-state index contributed by atoms with van der Waals surface area (Å²) in [7, 11) is 0. The molecule has 2 bridgehead atoms. The number of rotatable bonds is 3. The predicted octanol–water partition coefficient (Wildman–Crippen LogP) is 3.94. The smallest absolute Gasteiger partial charge is 0.133 e. The number of allylic oxidation sites excluding steroid dienone is 2. The Hall–Kier alpha value is -0.850. The first-order valence-electron chi connectivity index (χ1n) is 5.83. The maximum atomic E-state index is 8.92. The number of nitrogens with zero attached hydrogens (tertiary/aromatic N) is 1. The van der Waals surface area contributed by atoms with Crippen LogP contribution < -0.4 is 0 Å². The van der Waals surface area contributed by atoms with Crippen LogP contribution in [0.3, 0.4) is 0 Å². The lowest BCUT2D eigenvalue weighted by atomic mass is 10.1. The van der Waals surface area contributed by atoms with Crippen LogP contribution in [-0.4, -0.2) is 10.5 Å². The Labute approximate surface area is 110 Å². The molecule has 0 amide bonds. The standard InChI is InChI=1S/C14H13NS2/c15-9-16-13-10-6-7-11(8-10)14(13)17-12-4-2-1-3-5-12/h1-7,10-11,13-14H,8H2. The quantitative estimate of drug-likeness (QED) is 0.607. The van der Waals surface area contributed by atoms with Crippen molar-refractivity contribution in [2.24, 2.45) is 11.8 Å². The summed E-state index contributed by atoms with van der Waals surface area (Å²) in [4.78, 5) is 1.32. The van der Waals surface area contributed by atoms with Gasteiger partial charge in [0.15, 0.2) is 0 Å². The maximum Gasteiger partial charge on any atom is 0.133 e. The lowest BCUT2D eigenvalue weighted by Crippen LogP contribution is -2.24. The molecule has 0 heterocycles. The van der Waals surface area contributed by atoms with Crippen molar-refractivity contribution >= 4 is 23.5 Å². The minimum Gasteiger partial charge on any atom is -0.185 e. The zero-order valence-corrected chi connectivity index (χ0v) is 11.0. The number of thiocyanates is 1. The summed E-state index contributed by atoms with van der Waals surface area (Å²) in [6.07, 6.45) is 5.89. The second-order valence-electron chi connectivity index (χ2n) is 4.52. The Bertz CT molecular complexity index is 463.